The number of ether oxygens (including phenoxy) is 1. The van der Waals surface area contributed by atoms with Crippen LogP contribution in [0.4, 0.5) is 74.6 Å². The molecule has 0 aliphatic carbocycles. The fourth-order valence-electron chi connectivity index (χ4n) is 1.88. The Bertz CT molecular complexity index is 722. The van der Waals surface area contributed by atoms with Crippen molar-refractivity contribution in [1.82, 2.24) is 0 Å². The van der Waals surface area contributed by atoms with Gasteiger partial charge in [0.25, 0.3) is 0 Å². The van der Waals surface area contributed by atoms with Crippen molar-refractivity contribution in [2.45, 2.75) is 60.5 Å². The number of carbonyl (C=O) groups excluding carboxylic acids is 1. The molecule has 0 saturated heterocycles. The molecule has 0 saturated carbocycles. The highest BCUT2D eigenvalue weighted by molar-refractivity contribution is 5.81. The van der Waals surface area contributed by atoms with Crippen LogP contribution in [0.1, 0.15) is 12.8 Å². The van der Waals surface area contributed by atoms with Crippen molar-refractivity contribution in [2.24, 2.45) is 0 Å². The van der Waals surface area contributed by atoms with Gasteiger partial charge >= 0.3 is 53.6 Å². The fraction of sp³-hybridized carbons (Fsp3) is 0.786. The van der Waals surface area contributed by atoms with E-state index in [1.165, 1.54) is 0 Å². The molecule has 0 aromatic heterocycles. The van der Waals surface area contributed by atoms with Crippen LogP contribution in [-0.2, 0) is 9.53 Å². The molecule has 19 heteroatoms. The van der Waals surface area contributed by atoms with Gasteiger partial charge in [-0.2, -0.15) is 74.6 Å². The first-order chi connectivity index (χ1) is 14.2. The van der Waals surface area contributed by atoms with Crippen LogP contribution < -0.4 is 0 Å². The van der Waals surface area contributed by atoms with Gasteiger partial charge in [-0.15, -0.1) is 0 Å². The Morgan fingerprint density at radius 1 is 0.606 bits per heavy atom. The van der Waals surface area contributed by atoms with Gasteiger partial charge in [-0.3, -0.25) is 0 Å². The van der Waals surface area contributed by atoms with Crippen LogP contribution in [0.3, 0.4) is 0 Å². The second kappa shape index (κ2) is 8.66. The molecule has 33 heavy (non-hydrogen) atoms. The Labute approximate surface area is 171 Å². The summed E-state index contributed by atoms with van der Waals surface area (Å²) in [6.45, 7) is 1.49. The molecule has 0 aromatic rings. The minimum Gasteiger partial charge on any atom is -0.463 e. The van der Waals surface area contributed by atoms with Crippen LogP contribution in [0.2, 0.25) is 0 Å². The maximum absolute atomic E-state index is 13.5. The summed E-state index contributed by atoms with van der Waals surface area (Å²) in [5.41, 5.74) is 0. The molecule has 0 atom stereocenters. The second-order valence-electron chi connectivity index (χ2n) is 6.12. The highest BCUT2D eigenvalue weighted by Gasteiger charge is 2.95. The van der Waals surface area contributed by atoms with Crippen molar-refractivity contribution in [3.63, 3.8) is 0 Å². The van der Waals surface area contributed by atoms with Crippen molar-refractivity contribution in [1.29, 1.82) is 0 Å². The van der Waals surface area contributed by atoms with Gasteiger partial charge in [0.15, 0.2) is 0 Å². The lowest BCUT2D eigenvalue weighted by molar-refractivity contribution is -0.461. The van der Waals surface area contributed by atoms with Crippen molar-refractivity contribution < 1.29 is 84.2 Å². The first-order valence-electron chi connectivity index (χ1n) is 7.71. The molecule has 0 aliphatic heterocycles. The molecule has 2 nitrogen and oxygen atoms in total. The summed E-state index contributed by atoms with van der Waals surface area (Å²) in [5, 5.41) is 0. The summed E-state index contributed by atoms with van der Waals surface area (Å²) in [6, 6.07) is 0. The largest absolute Gasteiger partial charge is 0.463 e. The lowest BCUT2D eigenvalue weighted by Gasteiger charge is -2.42. The Kier molecular flexibility index (Phi) is 8.14. The number of carbonyl (C=O) groups is 1. The number of rotatable bonds is 11. The van der Waals surface area contributed by atoms with E-state index in [9.17, 15) is 79.4 Å². The Morgan fingerprint density at radius 2 is 0.939 bits per heavy atom. The normalized spacial score (nSPS) is 15.4. The molecular weight excluding hydrogens is 523 g/mol. The molecule has 0 aliphatic rings. The summed E-state index contributed by atoms with van der Waals surface area (Å²) >= 11 is 0. The zero-order valence-electron chi connectivity index (χ0n) is 15.1. The van der Waals surface area contributed by atoms with Gasteiger partial charge < -0.3 is 4.74 Å². The summed E-state index contributed by atoms with van der Waals surface area (Å²) in [5.74, 6) is -57.9. The molecular formula is C14H9F17O2. The minimum atomic E-state index is -8.65. The van der Waals surface area contributed by atoms with E-state index < -0.39 is 73.1 Å². The Balaban J connectivity index is 6.26. The maximum Gasteiger partial charge on any atom is 0.460 e. The monoisotopic (exact) mass is 532 g/mol. The maximum atomic E-state index is 13.5. The van der Waals surface area contributed by atoms with Gasteiger partial charge in [0.1, 0.15) is 0 Å². The minimum absolute atomic E-state index is 0.389. The van der Waals surface area contributed by atoms with Gasteiger partial charge in [0.2, 0.25) is 0 Å². The van der Waals surface area contributed by atoms with Crippen molar-refractivity contribution in [3.05, 3.63) is 12.7 Å². The molecule has 0 spiro atoms. The van der Waals surface area contributed by atoms with Crippen LogP contribution in [0, 0.1) is 0 Å². The molecule has 0 unspecified atom stereocenters. The first kappa shape index (κ1) is 31.0. The topological polar surface area (TPSA) is 26.3 Å². The van der Waals surface area contributed by atoms with Crippen LogP contribution in [0.15, 0.2) is 12.7 Å². The fourth-order valence-corrected chi connectivity index (χ4v) is 1.88. The van der Waals surface area contributed by atoms with E-state index in [1.54, 1.807) is 0 Å². The summed E-state index contributed by atoms with van der Waals surface area (Å²) < 4.78 is 225. The van der Waals surface area contributed by atoms with E-state index in [0.717, 1.165) is 0 Å². The molecule has 0 N–H and O–H groups in total. The quantitative estimate of drug-likeness (QED) is 0.131. The van der Waals surface area contributed by atoms with E-state index in [4.69, 9.17) is 0 Å². The predicted octanol–water partition coefficient (Wildman–Crippen LogP) is 6.51. The van der Waals surface area contributed by atoms with Crippen LogP contribution >= 0.6 is 0 Å². The standard InChI is InChI=1S/C14H9F17O2/c1-2-6(32)33-5-3-4-7(15,16)8(17,18)9(19,20)10(21,22)11(23,24)12(25,26)13(27,28)14(29,30)31/h2H,1,3-5H2. The summed E-state index contributed by atoms with van der Waals surface area (Å²) in [7, 11) is 0. The zero-order valence-corrected chi connectivity index (χ0v) is 15.1. The number of alkyl halides is 17. The molecule has 0 amide bonds. The second-order valence-corrected chi connectivity index (χ2v) is 6.12. The van der Waals surface area contributed by atoms with Gasteiger partial charge in [0.05, 0.1) is 6.61 Å². The highest BCUT2D eigenvalue weighted by atomic mass is 19.4. The zero-order chi connectivity index (χ0) is 27.1. The smallest absolute Gasteiger partial charge is 0.460 e. The number of esters is 1. The molecule has 0 fully saturated rings. The Hall–Kier alpha value is -1.98. The van der Waals surface area contributed by atoms with E-state index in [2.05, 4.69) is 11.3 Å². The molecule has 196 valence electrons. The number of hydrogen-bond donors (Lipinski definition) is 0. The first-order valence-corrected chi connectivity index (χ1v) is 7.71. The molecule has 0 rings (SSSR count). The molecule has 0 radical (unpaired) electrons. The van der Waals surface area contributed by atoms with Crippen LogP contribution in [0.5, 0.6) is 0 Å². The predicted molar refractivity (Wildman–Crippen MR) is 71.1 cm³/mol. The van der Waals surface area contributed by atoms with E-state index in [0.29, 0.717) is 6.08 Å². The number of hydrogen-bond acceptors (Lipinski definition) is 2. The van der Waals surface area contributed by atoms with Gasteiger partial charge in [0, 0.05) is 12.5 Å². The van der Waals surface area contributed by atoms with Crippen molar-refractivity contribution in [3.8, 4) is 0 Å². The lowest BCUT2D eigenvalue weighted by atomic mass is 9.88. The van der Waals surface area contributed by atoms with Gasteiger partial charge in [-0.05, 0) is 6.42 Å². The van der Waals surface area contributed by atoms with Crippen LogP contribution in [0.25, 0.3) is 0 Å². The Morgan fingerprint density at radius 3 is 1.27 bits per heavy atom. The molecule has 0 heterocycles. The highest BCUT2D eigenvalue weighted by Crippen LogP contribution is 2.64. The van der Waals surface area contributed by atoms with Gasteiger partial charge in [-0.1, -0.05) is 6.58 Å². The van der Waals surface area contributed by atoms with Crippen molar-refractivity contribution in [2.75, 3.05) is 6.61 Å². The SMILES string of the molecule is C=CC(=O)OCCCC(F)(F)C(F)(F)C(F)(F)C(F)(F)C(F)(F)C(F)(F)C(F)(F)C(F)(F)F. The average molecular weight is 532 g/mol. The third kappa shape index (κ3) is 4.67. The lowest BCUT2D eigenvalue weighted by Crippen LogP contribution is -2.74. The third-order valence-electron chi connectivity index (χ3n) is 3.83. The van der Waals surface area contributed by atoms with E-state index in [1.807, 2.05) is 0 Å². The third-order valence-corrected chi connectivity index (χ3v) is 3.83. The molecule has 0 aromatic carbocycles. The van der Waals surface area contributed by atoms with E-state index >= 15 is 0 Å². The van der Waals surface area contributed by atoms with Crippen LogP contribution in [-0.4, -0.2) is 60.2 Å². The van der Waals surface area contributed by atoms with E-state index in [-0.39, 0.29) is 0 Å². The van der Waals surface area contributed by atoms with Gasteiger partial charge in [-0.25, -0.2) is 4.79 Å². The van der Waals surface area contributed by atoms with Crippen molar-refractivity contribution >= 4 is 5.97 Å². The summed E-state index contributed by atoms with van der Waals surface area (Å²) in [4.78, 5) is 10.6. The average Bonchev–Trinajstić information content (AvgIpc) is 2.62. The summed E-state index contributed by atoms with van der Waals surface area (Å²) in [6.07, 6.45) is -11.6. The molecule has 0 bridgehead atoms. The number of halogens is 17.